The Morgan fingerprint density at radius 1 is 1.33 bits per heavy atom. The highest BCUT2D eigenvalue weighted by Gasteiger charge is 2.76. The van der Waals surface area contributed by atoms with Crippen LogP contribution in [0, 0.1) is 11.8 Å². The molecule has 5 aliphatic rings. The number of nitrogens with zero attached hydrogens (tertiary/aromatic N) is 1. The van der Waals surface area contributed by atoms with E-state index in [-0.39, 0.29) is 17.6 Å². The number of carbonyl (C=O) groups is 1. The standard InChI is InChI=1S/C22H27NO4/c1-12-9-14(12)11-23(2)8-7-21-18-13-3-4-15(24)19(18)27-20(21)16(25)5-6-22(21,26)17(23)10-13/h3-4,12,14,17,20,26H,5-11H2,1-2H3/p+1/t12?,14?,17-,20+,21+,22?,23?/m1/s1. The fraction of sp³-hybridized carbons (Fsp3) is 0.682. The van der Waals surface area contributed by atoms with Gasteiger partial charge in [-0.3, -0.25) is 4.79 Å². The molecule has 0 aromatic heterocycles. The lowest BCUT2D eigenvalue weighted by atomic mass is 9.48. The van der Waals surface area contributed by atoms with Crippen molar-refractivity contribution in [1.82, 2.24) is 0 Å². The van der Waals surface area contributed by atoms with Crippen molar-refractivity contribution in [2.45, 2.75) is 62.2 Å². The number of rotatable bonds is 2. The summed E-state index contributed by atoms with van der Waals surface area (Å²) in [6.07, 6.45) is 3.07. The number of ketones is 1. The number of phenols is 1. The van der Waals surface area contributed by atoms with Gasteiger partial charge in [-0.05, 0) is 30.4 Å². The van der Waals surface area contributed by atoms with Crippen LogP contribution in [0.4, 0.5) is 0 Å². The van der Waals surface area contributed by atoms with Gasteiger partial charge in [-0.15, -0.1) is 0 Å². The summed E-state index contributed by atoms with van der Waals surface area (Å²) in [4.78, 5) is 12.8. The molecule has 6 rings (SSSR count). The van der Waals surface area contributed by atoms with Gasteiger partial charge < -0.3 is 19.4 Å². The summed E-state index contributed by atoms with van der Waals surface area (Å²) >= 11 is 0. The summed E-state index contributed by atoms with van der Waals surface area (Å²) in [5.74, 6) is 2.18. The Morgan fingerprint density at radius 3 is 2.85 bits per heavy atom. The number of likely N-dealkylation sites (N-methyl/N-ethyl adjacent to an activating group) is 1. The van der Waals surface area contributed by atoms with E-state index in [1.165, 1.54) is 6.42 Å². The highest BCUT2D eigenvalue weighted by molar-refractivity contribution is 5.90. The van der Waals surface area contributed by atoms with E-state index in [2.05, 4.69) is 14.0 Å². The van der Waals surface area contributed by atoms with Crippen LogP contribution in [0.25, 0.3) is 0 Å². The summed E-state index contributed by atoms with van der Waals surface area (Å²) in [5.41, 5.74) is 0.470. The first-order valence-electron chi connectivity index (χ1n) is 10.4. The van der Waals surface area contributed by atoms with Crippen molar-refractivity contribution in [1.29, 1.82) is 0 Å². The van der Waals surface area contributed by atoms with E-state index in [9.17, 15) is 15.0 Å². The third-order valence-electron chi connectivity index (χ3n) is 8.83. The van der Waals surface area contributed by atoms with Gasteiger partial charge in [-0.1, -0.05) is 13.0 Å². The maximum Gasteiger partial charge on any atom is 0.174 e. The van der Waals surface area contributed by atoms with Gasteiger partial charge >= 0.3 is 0 Å². The molecule has 144 valence electrons. The van der Waals surface area contributed by atoms with E-state index in [4.69, 9.17) is 4.74 Å². The quantitative estimate of drug-likeness (QED) is 0.781. The number of piperidine rings is 1. The highest BCUT2D eigenvalue weighted by atomic mass is 16.5. The third kappa shape index (κ3) is 1.72. The molecule has 1 saturated heterocycles. The van der Waals surface area contributed by atoms with Crippen LogP contribution in [-0.4, -0.2) is 58.4 Å². The van der Waals surface area contributed by atoms with Crippen molar-refractivity contribution in [3.8, 4) is 11.5 Å². The van der Waals surface area contributed by atoms with Crippen molar-refractivity contribution in [3.63, 3.8) is 0 Å². The number of Topliss-reactive ketones (excluding diaryl/α,β-unsaturated/α-hetero) is 1. The van der Waals surface area contributed by atoms with E-state index in [1.54, 1.807) is 6.07 Å². The van der Waals surface area contributed by atoms with Crippen LogP contribution >= 0.6 is 0 Å². The molecule has 0 radical (unpaired) electrons. The second-order valence-electron chi connectivity index (χ2n) is 10.1. The predicted octanol–water partition coefficient (Wildman–Crippen LogP) is 1.92. The van der Waals surface area contributed by atoms with Gasteiger partial charge in [-0.25, -0.2) is 0 Å². The zero-order valence-corrected chi connectivity index (χ0v) is 16.1. The molecule has 3 fully saturated rings. The van der Waals surface area contributed by atoms with Gasteiger partial charge in [0.05, 0.1) is 25.6 Å². The summed E-state index contributed by atoms with van der Waals surface area (Å²) in [6.45, 7) is 4.39. The fourth-order valence-electron chi connectivity index (χ4n) is 7.24. The molecule has 3 aliphatic carbocycles. The Bertz CT molecular complexity index is 883. The molecule has 1 aromatic carbocycles. The largest absolute Gasteiger partial charge is 0.504 e. The van der Waals surface area contributed by atoms with Gasteiger partial charge in [-0.2, -0.15) is 0 Å². The second kappa shape index (κ2) is 4.69. The van der Waals surface area contributed by atoms with Gasteiger partial charge in [0.2, 0.25) is 0 Å². The number of phenolic OH excluding ortho intramolecular Hbond substituents is 1. The number of carbonyl (C=O) groups excluding carboxylic acids is 1. The average Bonchev–Trinajstić information content (AvgIpc) is 3.16. The Kier molecular flexibility index (Phi) is 2.84. The van der Waals surface area contributed by atoms with Crippen molar-refractivity contribution in [3.05, 3.63) is 23.3 Å². The van der Waals surface area contributed by atoms with Crippen LogP contribution in [0.3, 0.4) is 0 Å². The van der Waals surface area contributed by atoms with Crippen LogP contribution in [0.1, 0.15) is 43.7 Å². The second-order valence-corrected chi connectivity index (χ2v) is 10.1. The molecule has 7 atom stereocenters. The number of aliphatic hydroxyl groups is 1. The van der Waals surface area contributed by atoms with Crippen molar-refractivity contribution in [2.24, 2.45) is 11.8 Å². The van der Waals surface area contributed by atoms with E-state index in [0.29, 0.717) is 18.6 Å². The SMILES string of the molecule is CC1CC1C[N+]1(C)CC[C@]23c4c5ccc(O)c4O[C@H]2C(=O)CCC3(O)[C@H]1C5. The van der Waals surface area contributed by atoms with Crippen molar-refractivity contribution < 1.29 is 24.2 Å². The molecule has 2 bridgehead atoms. The number of likely N-dealkylation sites (tertiary alicyclic amines) is 1. The molecule has 2 N–H and O–H groups in total. The minimum atomic E-state index is -0.942. The van der Waals surface area contributed by atoms with Gasteiger partial charge in [0.1, 0.15) is 11.6 Å². The molecule has 2 heterocycles. The number of quaternary nitrogens is 1. The first-order chi connectivity index (χ1) is 12.8. The number of ether oxygens (including phenoxy) is 1. The van der Waals surface area contributed by atoms with Gasteiger partial charge in [0, 0.05) is 30.7 Å². The Morgan fingerprint density at radius 2 is 2.11 bits per heavy atom. The average molecular weight is 370 g/mol. The molecule has 1 aromatic rings. The van der Waals surface area contributed by atoms with Gasteiger partial charge in [0.25, 0.3) is 0 Å². The summed E-state index contributed by atoms with van der Waals surface area (Å²) in [6, 6.07) is 3.77. The molecule has 5 heteroatoms. The zero-order valence-electron chi connectivity index (χ0n) is 16.1. The van der Waals surface area contributed by atoms with E-state index in [0.717, 1.165) is 53.4 Å². The lowest BCUT2D eigenvalue weighted by Gasteiger charge is -2.64. The molecule has 27 heavy (non-hydrogen) atoms. The summed E-state index contributed by atoms with van der Waals surface area (Å²) in [5, 5.41) is 22.6. The molecule has 5 nitrogen and oxygen atoms in total. The van der Waals surface area contributed by atoms with Crippen molar-refractivity contribution in [2.75, 3.05) is 20.1 Å². The van der Waals surface area contributed by atoms with Crippen LogP contribution in [0.5, 0.6) is 11.5 Å². The Hall–Kier alpha value is -1.59. The normalized spacial score (nSPS) is 48.8. The third-order valence-corrected chi connectivity index (χ3v) is 8.83. The first kappa shape index (κ1) is 16.4. The highest BCUT2D eigenvalue weighted by Crippen LogP contribution is 2.66. The number of hydrogen-bond acceptors (Lipinski definition) is 4. The van der Waals surface area contributed by atoms with Crippen LogP contribution in [0.2, 0.25) is 0 Å². The molecular formula is C22H28NO4+. The maximum absolute atomic E-state index is 12.8. The molecule has 1 spiro atoms. The number of hydrogen-bond donors (Lipinski definition) is 2. The monoisotopic (exact) mass is 370 g/mol. The molecule has 2 saturated carbocycles. The topological polar surface area (TPSA) is 66.8 Å². The fourth-order valence-corrected chi connectivity index (χ4v) is 7.24. The minimum absolute atomic E-state index is 0.0776. The molecule has 0 amide bonds. The number of benzene rings is 1. The molecular weight excluding hydrogens is 342 g/mol. The summed E-state index contributed by atoms with van der Waals surface area (Å²) in [7, 11) is 2.31. The maximum atomic E-state index is 12.8. The Balaban J connectivity index is 1.56. The van der Waals surface area contributed by atoms with E-state index in [1.807, 2.05) is 6.07 Å². The van der Waals surface area contributed by atoms with Crippen molar-refractivity contribution >= 4 is 5.78 Å². The zero-order chi connectivity index (χ0) is 18.8. The predicted molar refractivity (Wildman–Crippen MR) is 98.7 cm³/mol. The lowest BCUT2D eigenvalue weighted by Crippen LogP contribution is -2.80. The lowest BCUT2D eigenvalue weighted by molar-refractivity contribution is -0.950. The van der Waals surface area contributed by atoms with E-state index < -0.39 is 17.1 Å². The van der Waals surface area contributed by atoms with E-state index >= 15 is 0 Å². The van der Waals surface area contributed by atoms with Crippen LogP contribution < -0.4 is 4.74 Å². The summed E-state index contributed by atoms with van der Waals surface area (Å²) < 4.78 is 6.99. The molecule has 2 aliphatic heterocycles. The van der Waals surface area contributed by atoms with Crippen LogP contribution in [-0.2, 0) is 16.6 Å². The first-order valence-corrected chi connectivity index (χ1v) is 10.4. The molecule has 4 unspecified atom stereocenters. The smallest absolute Gasteiger partial charge is 0.174 e. The van der Waals surface area contributed by atoms with Crippen LogP contribution in [0.15, 0.2) is 12.1 Å². The Labute approximate surface area is 159 Å². The number of aromatic hydroxyl groups is 1. The minimum Gasteiger partial charge on any atom is -0.504 e. The van der Waals surface area contributed by atoms with Gasteiger partial charge in [0.15, 0.2) is 23.4 Å².